The Morgan fingerprint density at radius 2 is 1.78 bits per heavy atom. The number of hydrogen-bond donors (Lipinski definition) is 1. The van der Waals surface area contributed by atoms with E-state index in [-0.39, 0.29) is 0 Å². The van der Waals surface area contributed by atoms with Gasteiger partial charge in [0.25, 0.3) is 0 Å². The van der Waals surface area contributed by atoms with E-state index >= 15 is 0 Å². The van der Waals surface area contributed by atoms with Crippen molar-refractivity contribution in [3.8, 4) is 16.9 Å². The molecule has 2 aromatic rings. The Labute approximate surface area is 159 Å². The van der Waals surface area contributed by atoms with Crippen LogP contribution in [0.5, 0.6) is 5.75 Å². The smallest absolute Gasteiger partial charge is 0.409 e. The monoisotopic (exact) mass is 366 g/mol. The maximum Gasteiger partial charge on any atom is 0.409 e. The average molecular weight is 366 g/mol. The van der Waals surface area contributed by atoms with Gasteiger partial charge < -0.3 is 15.4 Å². The number of ether oxygens (including phenoxy) is 1. The quantitative estimate of drug-likeness (QED) is 0.899. The summed E-state index contributed by atoms with van der Waals surface area (Å²) in [4.78, 5) is 20.8. The van der Waals surface area contributed by atoms with Gasteiger partial charge in [-0.05, 0) is 31.0 Å². The minimum absolute atomic E-state index is 0.449. The molecule has 1 aliphatic carbocycles. The summed E-state index contributed by atoms with van der Waals surface area (Å²) in [6.07, 6.45) is 6.51. The number of carbonyl (C=O) groups excluding carboxylic acids is 1. The molecule has 1 aromatic heterocycles. The minimum Gasteiger partial charge on any atom is -0.410 e. The molecule has 0 bridgehead atoms. The van der Waals surface area contributed by atoms with Crippen molar-refractivity contribution in [3.05, 3.63) is 42.6 Å². The molecule has 0 unspecified atom stereocenters. The number of rotatable bonds is 4. The van der Waals surface area contributed by atoms with Gasteiger partial charge in [0.05, 0.1) is 0 Å². The highest BCUT2D eigenvalue weighted by Crippen LogP contribution is 2.30. The standard InChI is InChI=1S/C21H26N4O2/c22-21(26)27-19-8-4-3-7-18(19)16-9-10-20(23-15-16)25-13-11-24(12-14-25)17-5-1-2-6-17/h3-4,7-10,15,17H,1-2,5-6,11-14H2,(H2,22,26). The van der Waals surface area contributed by atoms with Crippen LogP contribution in [-0.2, 0) is 0 Å². The zero-order valence-electron chi connectivity index (χ0n) is 15.5. The molecule has 2 fully saturated rings. The van der Waals surface area contributed by atoms with Crippen molar-refractivity contribution in [1.82, 2.24) is 9.88 Å². The van der Waals surface area contributed by atoms with E-state index in [1.807, 2.05) is 36.5 Å². The molecule has 1 aromatic carbocycles. The Hall–Kier alpha value is -2.60. The Kier molecular flexibility index (Phi) is 5.25. The van der Waals surface area contributed by atoms with Crippen molar-refractivity contribution in [2.45, 2.75) is 31.7 Å². The summed E-state index contributed by atoms with van der Waals surface area (Å²) in [6, 6.07) is 12.2. The Morgan fingerprint density at radius 1 is 1.04 bits per heavy atom. The number of pyridine rings is 1. The molecule has 1 saturated heterocycles. The van der Waals surface area contributed by atoms with Gasteiger partial charge in [0, 0.05) is 49.5 Å². The lowest BCUT2D eigenvalue weighted by atomic mass is 10.1. The van der Waals surface area contributed by atoms with Crippen LogP contribution in [0.1, 0.15) is 25.7 Å². The number of piperazine rings is 1. The van der Waals surface area contributed by atoms with Crippen molar-refractivity contribution in [2.75, 3.05) is 31.1 Å². The van der Waals surface area contributed by atoms with E-state index in [0.717, 1.165) is 49.2 Å². The molecule has 1 saturated carbocycles. The second-order valence-electron chi connectivity index (χ2n) is 7.28. The van der Waals surface area contributed by atoms with Crippen LogP contribution < -0.4 is 15.4 Å². The second-order valence-corrected chi connectivity index (χ2v) is 7.28. The van der Waals surface area contributed by atoms with Crippen LogP contribution in [0.4, 0.5) is 10.6 Å². The molecule has 1 amide bonds. The second kappa shape index (κ2) is 7.96. The lowest BCUT2D eigenvalue weighted by Gasteiger charge is -2.38. The van der Waals surface area contributed by atoms with E-state index in [4.69, 9.17) is 10.5 Å². The highest BCUT2D eigenvalue weighted by atomic mass is 16.5. The van der Waals surface area contributed by atoms with Gasteiger partial charge in [-0.2, -0.15) is 0 Å². The summed E-state index contributed by atoms with van der Waals surface area (Å²) in [5, 5.41) is 0. The zero-order chi connectivity index (χ0) is 18.6. The first kappa shape index (κ1) is 17.8. The molecule has 0 atom stereocenters. The van der Waals surface area contributed by atoms with Gasteiger partial charge in [0.1, 0.15) is 11.6 Å². The normalized spacial score (nSPS) is 18.6. The van der Waals surface area contributed by atoms with Crippen LogP contribution in [0.15, 0.2) is 42.6 Å². The molecule has 6 heteroatoms. The highest BCUT2D eigenvalue weighted by molar-refractivity contribution is 5.76. The number of primary amides is 1. The topological polar surface area (TPSA) is 71.7 Å². The Bertz CT molecular complexity index is 779. The molecule has 1 aliphatic heterocycles. The average Bonchev–Trinajstić information content (AvgIpc) is 3.23. The maximum absolute atomic E-state index is 11.1. The van der Waals surface area contributed by atoms with E-state index < -0.39 is 6.09 Å². The Morgan fingerprint density at radius 3 is 2.44 bits per heavy atom. The fourth-order valence-corrected chi connectivity index (χ4v) is 4.22. The van der Waals surface area contributed by atoms with Crippen molar-refractivity contribution in [2.24, 2.45) is 5.73 Å². The van der Waals surface area contributed by atoms with E-state index in [2.05, 4.69) is 14.8 Å². The van der Waals surface area contributed by atoms with Crippen molar-refractivity contribution >= 4 is 11.9 Å². The first-order valence-electron chi connectivity index (χ1n) is 9.72. The summed E-state index contributed by atoms with van der Waals surface area (Å²) in [6.45, 7) is 4.27. The minimum atomic E-state index is -0.813. The largest absolute Gasteiger partial charge is 0.410 e. The Balaban J connectivity index is 1.43. The molecule has 0 radical (unpaired) electrons. The fourth-order valence-electron chi connectivity index (χ4n) is 4.22. The molecule has 0 spiro atoms. The molecule has 2 heterocycles. The number of benzene rings is 1. The molecule has 27 heavy (non-hydrogen) atoms. The van der Waals surface area contributed by atoms with Gasteiger partial charge in [-0.1, -0.05) is 31.0 Å². The van der Waals surface area contributed by atoms with Gasteiger partial charge in [0.2, 0.25) is 0 Å². The zero-order valence-corrected chi connectivity index (χ0v) is 15.5. The van der Waals surface area contributed by atoms with E-state index in [1.54, 1.807) is 6.07 Å². The van der Waals surface area contributed by atoms with E-state index in [0.29, 0.717) is 5.75 Å². The molecule has 2 aliphatic rings. The summed E-state index contributed by atoms with van der Waals surface area (Å²) < 4.78 is 5.10. The lowest BCUT2D eigenvalue weighted by Crippen LogP contribution is -2.49. The number of carbonyl (C=O) groups is 1. The predicted molar refractivity (Wildman–Crippen MR) is 106 cm³/mol. The number of amides is 1. The number of nitrogens with zero attached hydrogens (tertiary/aromatic N) is 3. The van der Waals surface area contributed by atoms with Gasteiger partial charge in [0.15, 0.2) is 0 Å². The fraction of sp³-hybridized carbons (Fsp3) is 0.429. The number of aromatic nitrogens is 1. The van der Waals surface area contributed by atoms with E-state index in [1.165, 1.54) is 25.7 Å². The van der Waals surface area contributed by atoms with Crippen LogP contribution in [-0.4, -0.2) is 48.2 Å². The third-order valence-electron chi connectivity index (χ3n) is 5.64. The summed E-state index contributed by atoms with van der Waals surface area (Å²) in [7, 11) is 0. The van der Waals surface area contributed by atoms with E-state index in [9.17, 15) is 4.79 Å². The predicted octanol–water partition coefficient (Wildman–Crippen LogP) is 3.27. The van der Waals surface area contributed by atoms with Gasteiger partial charge in [-0.25, -0.2) is 9.78 Å². The van der Waals surface area contributed by atoms with Crippen LogP contribution in [0.3, 0.4) is 0 Å². The molecular weight excluding hydrogens is 340 g/mol. The lowest BCUT2D eigenvalue weighted by molar-refractivity contribution is 0.187. The van der Waals surface area contributed by atoms with Crippen molar-refractivity contribution < 1.29 is 9.53 Å². The van der Waals surface area contributed by atoms with Crippen molar-refractivity contribution in [3.63, 3.8) is 0 Å². The van der Waals surface area contributed by atoms with Crippen LogP contribution in [0, 0.1) is 0 Å². The molecule has 142 valence electrons. The highest BCUT2D eigenvalue weighted by Gasteiger charge is 2.26. The van der Waals surface area contributed by atoms with Crippen molar-refractivity contribution in [1.29, 1.82) is 0 Å². The number of hydrogen-bond acceptors (Lipinski definition) is 5. The van der Waals surface area contributed by atoms with Crippen LogP contribution in [0.2, 0.25) is 0 Å². The molecule has 6 nitrogen and oxygen atoms in total. The first-order valence-corrected chi connectivity index (χ1v) is 9.72. The maximum atomic E-state index is 11.1. The summed E-state index contributed by atoms with van der Waals surface area (Å²) in [5.74, 6) is 1.45. The van der Waals surface area contributed by atoms with Gasteiger partial charge in [-0.15, -0.1) is 0 Å². The third kappa shape index (κ3) is 4.06. The molecule has 2 N–H and O–H groups in total. The van der Waals surface area contributed by atoms with Gasteiger partial charge in [-0.3, -0.25) is 4.90 Å². The van der Waals surface area contributed by atoms with Crippen LogP contribution >= 0.6 is 0 Å². The SMILES string of the molecule is NC(=O)Oc1ccccc1-c1ccc(N2CCN(C3CCCC3)CC2)nc1. The molecule has 4 rings (SSSR count). The summed E-state index contributed by atoms with van der Waals surface area (Å²) in [5.41, 5.74) is 6.87. The molecular formula is C21H26N4O2. The first-order chi connectivity index (χ1) is 13.2. The van der Waals surface area contributed by atoms with Gasteiger partial charge >= 0.3 is 6.09 Å². The number of para-hydroxylation sites is 1. The number of anilines is 1. The summed E-state index contributed by atoms with van der Waals surface area (Å²) >= 11 is 0. The number of nitrogens with two attached hydrogens (primary N) is 1. The third-order valence-corrected chi connectivity index (χ3v) is 5.64. The van der Waals surface area contributed by atoms with Crippen LogP contribution in [0.25, 0.3) is 11.1 Å².